The molecule has 0 atom stereocenters. The van der Waals surface area contributed by atoms with Gasteiger partial charge in [-0.05, 0) is 24.8 Å². The number of anilines is 1. The molecule has 1 aliphatic rings. The third kappa shape index (κ3) is 2.58. The molecule has 1 aliphatic carbocycles. The molecular weight excluding hydrogens is 221 g/mol. The van der Waals surface area contributed by atoms with Gasteiger partial charge in [0.2, 0.25) is 0 Å². The van der Waals surface area contributed by atoms with Gasteiger partial charge in [-0.15, -0.1) is 0 Å². The van der Waals surface area contributed by atoms with Crippen molar-refractivity contribution in [2.75, 3.05) is 18.5 Å². The summed E-state index contributed by atoms with van der Waals surface area (Å²) in [5.74, 6) is 0.111. The maximum Gasteiger partial charge on any atom is 0.146 e. The van der Waals surface area contributed by atoms with Crippen LogP contribution in [0.25, 0.3) is 0 Å². The van der Waals surface area contributed by atoms with Crippen molar-refractivity contribution in [1.82, 2.24) is 0 Å². The molecule has 0 unspecified atom stereocenters. The van der Waals surface area contributed by atoms with E-state index in [-0.39, 0.29) is 18.5 Å². The van der Waals surface area contributed by atoms with E-state index in [1.54, 1.807) is 12.1 Å². The van der Waals surface area contributed by atoms with Crippen LogP contribution in [0, 0.1) is 11.7 Å². The van der Waals surface area contributed by atoms with E-state index in [1.807, 2.05) is 11.9 Å². The second-order valence-corrected chi connectivity index (χ2v) is 4.78. The molecule has 0 spiro atoms. The zero-order chi connectivity index (χ0) is 12.4. The molecule has 94 valence electrons. The Balaban J connectivity index is 2.10. The van der Waals surface area contributed by atoms with Gasteiger partial charge in [-0.3, -0.25) is 0 Å². The van der Waals surface area contributed by atoms with Gasteiger partial charge < -0.3 is 15.1 Å². The van der Waals surface area contributed by atoms with E-state index in [9.17, 15) is 14.6 Å². The summed E-state index contributed by atoms with van der Waals surface area (Å²) in [5, 5.41) is 18.4. The van der Waals surface area contributed by atoms with Crippen molar-refractivity contribution in [3.8, 4) is 0 Å². The molecule has 0 bridgehead atoms. The topological polar surface area (TPSA) is 43.7 Å². The summed E-state index contributed by atoms with van der Waals surface area (Å²) in [6.07, 6.45) is 1.38. The minimum absolute atomic E-state index is 0.162. The Kier molecular flexibility index (Phi) is 3.64. The second kappa shape index (κ2) is 5.02. The lowest BCUT2D eigenvalue weighted by atomic mass is 9.82. The molecule has 0 amide bonds. The monoisotopic (exact) mass is 239 g/mol. The quantitative estimate of drug-likeness (QED) is 0.837. The highest BCUT2D eigenvalue weighted by Gasteiger charge is 2.28. The van der Waals surface area contributed by atoms with Gasteiger partial charge in [0, 0.05) is 19.2 Å². The lowest BCUT2D eigenvalue weighted by molar-refractivity contribution is 0.0464. The van der Waals surface area contributed by atoms with Gasteiger partial charge in [-0.25, -0.2) is 4.39 Å². The van der Waals surface area contributed by atoms with E-state index < -0.39 is 0 Å². The number of aliphatic hydroxyl groups excluding tert-OH is 2. The number of nitrogens with zero attached hydrogens (tertiary/aromatic N) is 1. The number of benzene rings is 1. The Hall–Kier alpha value is -1.13. The largest absolute Gasteiger partial charge is 0.393 e. The predicted molar refractivity (Wildman–Crippen MR) is 64.3 cm³/mol. The molecule has 2 rings (SSSR count). The maximum absolute atomic E-state index is 13.7. The van der Waals surface area contributed by atoms with Gasteiger partial charge in [-0.1, -0.05) is 12.1 Å². The first-order valence-corrected chi connectivity index (χ1v) is 5.89. The van der Waals surface area contributed by atoms with Crippen LogP contribution < -0.4 is 4.90 Å². The smallest absolute Gasteiger partial charge is 0.146 e. The van der Waals surface area contributed by atoms with Crippen molar-refractivity contribution in [2.45, 2.75) is 25.6 Å². The molecule has 0 aliphatic heterocycles. The number of aliphatic hydroxyl groups is 2. The standard InChI is InChI=1S/C13H18FNO2/c1-15(7-9-5-11(17)6-9)13-10(8-16)3-2-4-12(13)14/h2-4,9,11,16-17H,5-8H2,1H3. The fourth-order valence-corrected chi connectivity index (χ4v) is 2.44. The van der Waals surface area contributed by atoms with Gasteiger partial charge in [-0.2, -0.15) is 0 Å². The van der Waals surface area contributed by atoms with E-state index in [4.69, 9.17) is 0 Å². The molecule has 4 heteroatoms. The van der Waals surface area contributed by atoms with Crippen LogP contribution in [0.5, 0.6) is 0 Å². The SMILES string of the molecule is CN(CC1CC(O)C1)c1c(F)cccc1CO. The van der Waals surface area contributed by atoms with Crippen LogP contribution in [-0.4, -0.2) is 29.9 Å². The molecule has 3 nitrogen and oxygen atoms in total. The minimum Gasteiger partial charge on any atom is -0.393 e. The van der Waals surface area contributed by atoms with Crippen molar-refractivity contribution in [3.63, 3.8) is 0 Å². The first-order chi connectivity index (χ1) is 8.11. The summed E-state index contributed by atoms with van der Waals surface area (Å²) < 4.78 is 13.7. The number of halogens is 1. The lowest BCUT2D eigenvalue weighted by Gasteiger charge is -2.35. The van der Waals surface area contributed by atoms with Crippen molar-refractivity contribution < 1.29 is 14.6 Å². The highest BCUT2D eigenvalue weighted by atomic mass is 19.1. The molecule has 0 aromatic heterocycles. The molecule has 17 heavy (non-hydrogen) atoms. The average Bonchev–Trinajstić information content (AvgIpc) is 2.26. The van der Waals surface area contributed by atoms with Gasteiger partial charge >= 0.3 is 0 Å². The van der Waals surface area contributed by atoms with Gasteiger partial charge in [0.25, 0.3) is 0 Å². The van der Waals surface area contributed by atoms with Crippen molar-refractivity contribution in [2.24, 2.45) is 5.92 Å². The molecule has 0 saturated heterocycles. The fourth-order valence-electron chi connectivity index (χ4n) is 2.44. The van der Waals surface area contributed by atoms with E-state index in [1.165, 1.54) is 6.07 Å². The third-order valence-electron chi connectivity index (χ3n) is 3.37. The minimum atomic E-state index is -0.307. The first-order valence-electron chi connectivity index (χ1n) is 5.89. The lowest BCUT2D eigenvalue weighted by Crippen LogP contribution is -2.37. The van der Waals surface area contributed by atoms with Crippen LogP contribution in [0.4, 0.5) is 10.1 Å². The van der Waals surface area contributed by atoms with Gasteiger partial charge in [0.05, 0.1) is 18.4 Å². The van der Waals surface area contributed by atoms with Crippen molar-refractivity contribution >= 4 is 5.69 Å². The molecular formula is C13H18FNO2. The van der Waals surface area contributed by atoms with Crippen molar-refractivity contribution in [3.05, 3.63) is 29.6 Å². The molecule has 1 aromatic carbocycles. The Bertz CT molecular complexity index is 391. The molecule has 0 heterocycles. The average molecular weight is 239 g/mol. The van der Waals surface area contributed by atoms with Crippen molar-refractivity contribution in [1.29, 1.82) is 0 Å². The Morgan fingerprint density at radius 3 is 2.71 bits per heavy atom. The number of hydrogen-bond donors (Lipinski definition) is 2. The van der Waals surface area contributed by atoms with E-state index >= 15 is 0 Å². The van der Waals surface area contributed by atoms with E-state index in [2.05, 4.69) is 0 Å². The molecule has 1 saturated carbocycles. The van der Waals surface area contributed by atoms with Crippen LogP contribution in [0.3, 0.4) is 0 Å². The molecule has 2 N–H and O–H groups in total. The van der Waals surface area contributed by atoms with E-state index in [0.717, 1.165) is 12.8 Å². The first kappa shape index (κ1) is 12.3. The second-order valence-electron chi connectivity index (χ2n) is 4.78. The number of hydrogen-bond acceptors (Lipinski definition) is 3. The zero-order valence-electron chi connectivity index (χ0n) is 9.93. The highest BCUT2D eigenvalue weighted by Crippen LogP contribution is 2.31. The van der Waals surface area contributed by atoms with Crippen LogP contribution in [-0.2, 0) is 6.61 Å². The van der Waals surface area contributed by atoms with E-state index in [0.29, 0.717) is 23.7 Å². The predicted octanol–water partition coefficient (Wildman–Crippen LogP) is 1.53. The number of para-hydroxylation sites is 1. The zero-order valence-corrected chi connectivity index (χ0v) is 9.93. The third-order valence-corrected chi connectivity index (χ3v) is 3.37. The molecule has 1 aromatic rings. The summed E-state index contributed by atoms with van der Waals surface area (Å²) in [6.45, 7) is 0.551. The normalized spacial score (nSPS) is 23.3. The summed E-state index contributed by atoms with van der Waals surface area (Å²) in [4.78, 5) is 1.83. The van der Waals surface area contributed by atoms with Crippen LogP contribution in [0.2, 0.25) is 0 Å². The fraction of sp³-hybridized carbons (Fsp3) is 0.538. The van der Waals surface area contributed by atoms with Gasteiger partial charge in [0.15, 0.2) is 0 Å². The Morgan fingerprint density at radius 2 is 2.12 bits per heavy atom. The summed E-state index contributed by atoms with van der Waals surface area (Å²) in [5.41, 5.74) is 1.07. The van der Waals surface area contributed by atoms with Crippen LogP contribution >= 0.6 is 0 Å². The van der Waals surface area contributed by atoms with Crippen LogP contribution in [0.1, 0.15) is 18.4 Å². The van der Waals surface area contributed by atoms with Crippen LogP contribution in [0.15, 0.2) is 18.2 Å². The Morgan fingerprint density at radius 1 is 1.41 bits per heavy atom. The molecule has 1 fully saturated rings. The summed E-state index contributed by atoms with van der Waals surface area (Å²) in [6, 6.07) is 4.73. The summed E-state index contributed by atoms with van der Waals surface area (Å²) >= 11 is 0. The van der Waals surface area contributed by atoms with Gasteiger partial charge in [0.1, 0.15) is 5.82 Å². The summed E-state index contributed by atoms with van der Waals surface area (Å²) in [7, 11) is 1.82. The highest BCUT2D eigenvalue weighted by molar-refractivity contribution is 5.54. The number of rotatable bonds is 4. The molecule has 0 radical (unpaired) electrons. The Labute approximate surface area is 100 Å². The maximum atomic E-state index is 13.7.